The van der Waals surface area contributed by atoms with E-state index in [1.807, 2.05) is 27.7 Å². The number of sulfonamides is 2. The molecule has 307 valence electrons. The van der Waals surface area contributed by atoms with Gasteiger partial charge < -0.3 is 4.90 Å². The average Bonchev–Trinajstić information content (AvgIpc) is 2.90. The van der Waals surface area contributed by atoms with E-state index < -0.39 is 59.4 Å². The van der Waals surface area contributed by atoms with Crippen LogP contribution in [0.1, 0.15) is 111 Å². The van der Waals surface area contributed by atoms with Gasteiger partial charge in [-0.1, -0.05) is 16.1 Å². The molecule has 0 bridgehead atoms. The van der Waals surface area contributed by atoms with Gasteiger partial charge in [-0.05, 0) is 104 Å². The van der Waals surface area contributed by atoms with Crippen molar-refractivity contribution < 1.29 is 57.4 Å². The molecule has 3 N–H and O–H groups in total. The third-order valence-electron chi connectivity index (χ3n) is 6.06. The molecule has 0 aromatic heterocycles. The number of halogens is 4. The van der Waals surface area contributed by atoms with Gasteiger partial charge in [0.05, 0.1) is 56.6 Å². The summed E-state index contributed by atoms with van der Waals surface area (Å²) in [6.07, 6.45) is 2.44. The fourth-order valence-corrected chi connectivity index (χ4v) is 17.5. The van der Waals surface area contributed by atoms with Crippen LogP contribution >= 0.6 is 38.1 Å². The summed E-state index contributed by atoms with van der Waals surface area (Å²) < 4.78 is 109. The Kier molecular flexibility index (Phi) is 39.2. The van der Waals surface area contributed by atoms with Gasteiger partial charge in [0.1, 0.15) is 19.4 Å². The Morgan fingerprint density at radius 3 is 1.16 bits per heavy atom. The van der Waals surface area contributed by atoms with Crippen molar-refractivity contribution in [3.8, 4) is 0 Å². The molecule has 1 atom stereocenters. The summed E-state index contributed by atoms with van der Waals surface area (Å²) in [7, 11) is -14.8. The molecule has 0 aromatic rings. The SMILES string of the molecule is C.CC(C)[P+](=NS(C)(=O)=O)C(C)C.CC(C)[PH+](N=S(C)(=O)O)C(C)C.CC(C)[PH+](NS(=O)(=O)C(F)(F)F)C(C)C.CC[NH+](CC)CC.[Ni][Br]. The van der Waals surface area contributed by atoms with Gasteiger partial charge >= 0.3 is 43.5 Å². The topological polar surface area (TPSA) is 147 Å². The van der Waals surface area contributed by atoms with Crippen molar-refractivity contribution in [2.75, 3.05) is 32.1 Å². The second-order valence-electron chi connectivity index (χ2n) is 12.6. The first-order valence-electron chi connectivity index (χ1n) is 15.7. The van der Waals surface area contributed by atoms with Crippen molar-refractivity contribution in [2.24, 2.45) is 8.28 Å². The molecule has 0 aromatic carbocycles. The Morgan fingerprint density at radius 1 is 0.755 bits per heavy atom. The van der Waals surface area contributed by atoms with Crippen LogP contribution in [0.3, 0.4) is 0 Å². The van der Waals surface area contributed by atoms with Crippen LogP contribution in [0.25, 0.3) is 0 Å². The van der Waals surface area contributed by atoms with E-state index in [-0.39, 0.29) is 18.7 Å². The molecule has 0 aliphatic rings. The zero-order valence-electron chi connectivity index (χ0n) is 32.0. The van der Waals surface area contributed by atoms with Crippen LogP contribution in [0, 0.1) is 0 Å². The third-order valence-corrected chi connectivity index (χ3v) is 19.8. The summed E-state index contributed by atoms with van der Waals surface area (Å²) in [6, 6.07) is 0. The molecule has 10 nitrogen and oxygen atoms in total. The van der Waals surface area contributed by atoms with Crippen molar-refractivity contribution in [1.29, 1.82) is 0 Å². The van der Waals surface area contributed by atoms with E-state index in [0.717, 1.165) is 6.26 Å². The zero-order chi connectivity index (χ0) is 40.0. The molecule has 0 saturated carbocycles. The van der Waals surface area contributed by atoms with Crippen molar-refractivity contribution in [1.82, 2.24) is 4.49 Å². The minimum absolute atomic E-state index is 0. The fourth-order valence-electron chi connectivity index (χ4n) is 3.89. The van der Waals surface area contributed by atoms with E-state index in [0.29, 0.717) is 22.6 Å². The standard InChI is InChI=1S/C7H15F3NO2PS.C7H18NO2PS.C7H17NO2PS.C6H15N.CH4.BrH.Ni/c1-5(2)14(6(3)4)11-15(12,13)7(8,9)10;2*1-6(2)11(7(3)4)8-12(5,9)10;1-4-7(5-2)6-3;;;/h5-6,11H,1-4H3;6-7H,1-5H3,(H,8,9,10);6-7H,1-5H3;4-6H2,1-3H3;1H4;1H;/q;;+1;;;;+1/p+2. The van der Waals surface area contributed by atoms with Gasteiger partial charge in [0.2, 0.25) is 7.71 Å². The summed E-state index contributed by atoms with van der Waals surface area (Å²) in [4.78, 5) is 1.68. The molecule has 21 heteroatoms. The minimum atomic E-state index is -5.22. The number of hydrogen-bond donors (Lipinski definition) is 3. The molecule has 0 amide bonds. The maximum atomic E-state index is 12.1. The van der Waals surface area contributed by atoms with Crippen molar-refractivity contribution in [3.05, 3.63) is 0 Å². The monoisotopic (exact) mass is 943 g/mol. The number of alkyl halides is 3. The summed E-state index contributed by atoms with van der Waals surface area (Å²) in [5.41, 5.74) is -3.87. The summed E-state index contributed by atoms with van der Waals surface area (Å²) in [6.45, 7) is 33.6. The van der Waals surface area contributed by atoms with Gasteiger partial charge in [-0.3, -0.25) is 4.55 Å². The van der Waals surface area contributed by atoms with Gasteiger partial charge in [-0.25, -0.2) is 12.6 Å². The van der Waals surface area contributed by atoms with Crippen LogP contribution < -0.4 is 9.39 Å². The van der Waals surface area contributed by atoms with Crippen molar-refractivity contribution in [2.45, 2.75) is 151 Å². The van der Waals surface area contributed by atoms with E-state index in [2.05, 4.69) is 84.7 Å². The Morgan fingerprint density at radius 2 is 1.06 bits per heavy atom. The van der Waals surface area contributed by atoms with Crippen LogP contribution in [-0.2, 0) is 43.8 Å². The van der Waals surface area contributed by atoms with Gasteiger partial charge in [0, 0.05) is 10.4 Å². The Bertz CT molecular complexity index is 1150. The Balaban J connectivity index is -0.000000126. The molecule has 0 heterocycles. The second kappa shape index (κ2) is 30.7. The number of rotatable bonds is 13. The summed E-state index contributed by atoms with van der Waals surface area (Å²) >= 11 is 6.25. The van der Waals surface area contributed by atoms with Gasteiger partial charge in [0.15, 0.2) is 10.0 Å². The molecule has 0 aliphatic heterocycles. The van der Waals surface area contributed by atoms with Crippen LogP contribution in [0.15, 0.2) is 8.28 Å². The summed E-state index contributed by atoms with van der Waals surface area (Å²) in [5, 5.41) is 0. The molecule has 0 radical (unpaired) electrons. The molecule has 1 unspecified atom stereocenters. The number of nitrogens with zero attached hydrogens (tertiary/aromatic N) is 2. The second-order valence-corrected chi connectivity index (χ2v) is 28.5. The fraction of sp³-hybridized carbons (Fsp3) is 1.00. The zero-order valence-corrected chi connectivity index (χ0v) is 39.9. The normalized spacial score (nSPS) is 13.2. The van der Waals surface area contributed by atoms with Crippen molar-refractivity contribution in [3.63, 3.8) is 0 Å². The Labute approximate surface area is 319 Å². The van der Waals surface area contributed by atoms with Crippen LogP contribution in [0.4, 0.5) is 13.2 Å². The van der Waals surface area contributed by atoms with E-state index >= 15 is 0 Å². The van der Waals surface area contributed by atoms with Gasteiger partial charge in [0.25, 0.3) is 10.0 Å². The third kappa shape index (κ3) is 36.2. The van der Waals surface area contributed by atoms with Crippen LogP contribution in [0.5, 0.6) is 0 Å². The molecular weight excluding hydrogens is 873 g/mol. The molecule has 0 rings (SSSR count). The van der Waals surface area contributed by atoms with Gasteiger partial charge in [-0.15, -0.1) is 0 Å². The predicted octanol–water partition coefficient (Wildman–Crippen LogP) is 8.71. The quantitative estimate of drug-likeness (QED) is 0.124. The maximum absolute atomic E-state index is 12.1. The molecular formula is C28H72BrF3N4NiO6P3S3+4. The first-order valence-corrected chi connectivity index (χ1v) is 28.1. The van der Waals surface area contributed by atoms with Crippen LogP contribution in [-0.4, -0.2) is 97.2 Å². The number of quaternary nitrogens is 1. The van der Waals surface area contributed by atoms with E-state index in [1.165, 1.54) is 25.9 Å². The molecule has 0 aliphatic carbocycles. The Hall–Kier alpha value is 1.45. The molecule has 0 saturated heterocycles. The first kappa shape index (κ1) is 62.4. The molecule has 0 spiro atoms. The molecule has 49 heavy (non-hydrogen) atoms. The van der Waals surface area contributed by atoms with Crippen LogP contribution in [0.2, 0.25) is 0 Å². The van der Waals surface area contributed by atoms with E-state index in [9.17, 15) is 34.2 Å². The van der Waals surface area contributed by atoms with Gasteiger partial charge in [-0.2, -0.15) is 21.6 Å². The molecule has 0 fully saturated rings. The number of hydrogen-bond acceptors (Lipinski definition) is 6. The predicted molar refractivity (Wildman–Crippen MR) is 217 cm³/mol. The van der Waals surface area contributed by atoms with E-state index in [1.54, 1.807) is 37.1 Å². The number of nitrogens with one attached hydrogen (secondary N) is 2. The first-order chi connectivity index (χ1) is 21.3. The average molecular weight is 946 g/mol. The van der Waals surface area contributed by atoms with Crippen molar-refractivity contribution >= 4 is 68.1 Å². The van der Waals surface area contributed by atoms with E-state index in [4.69, 9.17) is 4.55 Å². The summed E-state index contributed by atoms with van der Waals surface area (Å²) in [5.74, 6) is 0.